The van der Waals surface area contributed by atoms with Crippen LogP contribution >= 0.6 is 0 Å². The number of anilines is 3. The molecule has 2 N–H and O–H groups in total. The highest BCUT2D eigenvalue weighted by molar-refractivity contribution is 6.08. The number of hydrogen-bond donors (Lipinski definition) is 1. The van der Waals surface area contributed by atoms with Crippen LogP contribution in [0.5, 0.6) is 0 Å². The van der Waals surface area contributed by atoms with Crippen molar-refractivity contribution in [3.05, 3.63) is 53.6 Å². The summed E-state index contributed by atoms with van der Waals surface area (Å²) in [6, 6.07) is 13.5. The fourth-order valence-corrected chi connectivity index (χ4v) is 2.65. The van der Waals surface area contributed by atoms with E-state index in [1.54, 1.807) is 6.07 Å². The summed E-state index contributed by atoms with van der Waals surface area (Å²) in [5.74, 6) is 0.00208. The van der Waals surface area contributed by atoms with Crippen LogP contribution in [0.4, 0.5) is 17.1 Å². The van der Waals surface area contributed by atoms with Gasteiger partial charge >= 0.3 is 0 Å². The highest BCUT2D eigenvalue weighted by atomic mass is 16.2. The first-order valence-electron chi connectivity index (χ1n) is 7.06. The van der Waals surface area contributed by atoms with Gasteiger partial charge in [0, 0.05) is 31.4 Å². The molecular formula is C17H19N3O. The molecule has 21 heavy (non-hydrogen) atoms. The van der Waals surface area contributed by atoms with Crippen LogP contribution in [-0.2, 0) is 0 Å². The zero-order valence-corrected chi connectivity index (χ0v) is 12.3. The molecule has 0 aromatic heterocycles. The Morgan fingerprint density at radius 2 is 1.81 bits per heavy atom. The molecule has 108 valence electrons. The molecule has 0 fully saturated rings. The molecule has 0 saturated heterocycles. The molecule has 1 heterocycles. The normalized spacial score (nSPS) is 14.0. The van der Waals surface area contributed by atoms with E-state index in [-0.39, 0.29) is 5.91 Å². The van der Waals surface area contributed by atoms with Crippen LogP contribution in [0.15, 0.2) is 42.5 Å². The molecule has 0 unspecified atom stereocenters. The number of hydrogen-bond acceptors (Lipinski definition) is 3. The molecule has 0 radical (unpaired) electrons. The third-order valence-corrected chi connectivity index (χ3v) is 4.01. The van der Waals surface area contributed by atoms with E-state index in [4.69, 9.17) is 5.73 Å². The van der Waals surface area contributed by atoms with Crippen LogP contribution in [0.3, 0.4) is 0 Å². The largest absolute Gasteiger partial charge is 0.398 e. The van der Waals surface area contributed by atoms with Crippen LogP contribution in [0.25, 0.3) is 0 Å². The second kappa shape index (κ2) is 5.13. The summed E-state index contributed by atoms with van der Waals surface area (Å²) in [7, 11) is 2.05. The molecule has 4 heteroatoms. The molecule has 2 aromatic carbocycles. The summed E-state index contributed by atoms with van der Waals surface area (Å²) in [5.41, 5.74) is 10.2. The molecule has 0 aliphatic carbocycles. The van der Waals surface area contributed by atoms with Crippen molar-refractivity contribution in [3.63, 3.8) is 0 Å². The van der Waals surface area contributed by atoms with Crippen molar-refractivity contribution in [1.29, 1.82) is 0 Å². The van der Waals surface area contributed by atoms with Crippen molar-refractivity contribution >= 4 is 23.0 Å². The molecule has 4 nitrogen and oxygen atoms in total. The highest BCUT2D eigenvalue weighted by Gasteiger charge is 2.25. The van der Waals surface area contributed by atoms with E-state index in [0.717, 1.165) is 23.5 Å². The number of carbonyl (C=O) groups excluding carboxylic acids is 1. The molecule has 3 rings (SSSR count). The number of para-hydroxylation sites is 2. The zero-order chi connectivity index (χ0) is 15.0. The van der Waals surface area contributed by atoms with Gasteiger partial charge in [0.1, 0.15) is 0 Å². The lowest BCUT2D eigenvalue weighted by molar-refractivity contribution is 0.0987. The third-order valence-electron chi connectivity index (χ3n) is 4.01. The van der Waals surface area contributed by atoms with Gasteiger partial charge in [-0.25, -0.2) is 0 Å². The highest BCUT2D eigenvalue weighted by Crippen LogP contribution is 2.32. The van der Waals surface area contributed by atoms with Crippen LogP contribution < -0.4 is 15.5 Å². The quantitative estimate of drug-likeness (QED) is 0.818. The maximum Gasteiger partial charge on any atom is 0.258 e. The van der Waals surface area contributed by atoms with Crippen molar-refractivity contribution in [2.75, 3.05) is 35.7 Å². The number of aryl methyl sites for hydroxylation is 1. The molecule has 0 atom stereocenters. The predicted octanol–water partition coefficient (Wildman–Crippen LogP) is 2.67. The van der Waals surface area contributed by atoms with Crippen LogP contribution in [0.2, 0.25) is 0 Å². The number of amides is 1. The molecule has 1 amide bonds. The smallest absolute Gasteiger partial charge is 0.258 e. The molecule has 1 aliphatic rings. The number of nitrogens with two attached hydrogens (primary N) is 1. The van der Waals surface area contributed by atoms with Crippen LogP contribution in [-0.4, -0.2) is 26.0 Å². The first-order chi connectivity index (χ1) is 10.1. The maximum atomic E-state index is 12.8. The van der Waals surface area contributed by atoms with Gasteiger partial charge in [0.15, 0.2) is 0 Å². The standard InChI is InChI=1S/C17H19N3O/c1-12-7-8-13(11-14(12)18)17(21)20-10-9-19(2)15-5-3-4-6-16(15)20/h3-8,11H,9-10,18H2,1-2H3. The van der Waals surface area contributed by atoms with E-state index in [1.165, 1.54) is 0 Å². The van der Waals surface area contributed by atoms with Crippen molar-refractivity contribution in [2.45, 2.75) is 6.92 Å². The molecule has 0 bridgehead atoms. The fraction of sp³-hybridized carbons (Fsp3) is 0.235. The van der Waals surface area contributed by atoms with Crippen molar-refractivity contribution < 1.29 is 4.79 Å². The summed E-state index contributed by atoms with van der Waals surface area (Å²) >= 11 is 0. The SMILES string of the molecule is Cc1ccc(C(=O)N2CCN(C)c3ccccc32)cc1N. The van der Waals surface area contributed by atoms with Gasteiger partial charge in [-0.05, 0) is 36.8 Å². The fourth-order valence-electron chi connectivity index (χ4n) is 2.65. The maximum absolute atomic E-state index is 12.8. The van der Waals surface area contributed by atoms with Gasteiger partial charge in [0.2, 0.25) is 0 Å². The number of nitrogen functional groups attached to an aromatic ring is 1. The van der Waals surface area contributed by atoms with E-state index < -0.39 is 0 Å². The van der Waals surface area contributed by atoms with Crippen molar-refractivity contribution in [1.82, 2.24) is 0 Å². The monoisotopic (exact) mass is 281 g/mol. The summed E-state index contributed by atoms with van der Waals surface area (Å²) in [6.45, 7) is 3.44. The topological polar surface area (TPSA) is 49.6 Å². The summed E-state index contributed by atoms with van der Waals surface area (Å²) < 4.78 is 0. The minimum Gasteiger partial charge on any atom is -0.398 e. The number of fused-ring (bicyclic) bond motifs is 1. The van der Waals surface area contributed by atoms with Crippen LogP contribution in [0.1, 0.15) is 15.9 Å². The van der Waals surface area contributed by atoms with E-state index in [2.05, 4.69) is 4.90 Å². The van der Waals surface area contributed by atoms with Gasteiger partial charge in [-0.1, -0.05) is 18.2 Å². The van der Waals surface area contributed by atoms with E-state index >= 15 is 0 Å². The molecule has 0 spiro atoms. The number of benzene rings is 2. The first kappa shape index (κ1) is 13.5. The van der Waals surface area contributed by atoms with E-state index in [1.807, 2.05) is 55.3 Å². The lowest BCUT2D eigenvalue weighted by Crippen LogP contribution is -2.42. The van der Waals surface area contributed by atoms with E-state index in [0.29, 0.717) is 17.8 Å². The first-order valence-corrected chi connectivity index (χ1v) is 7.06. The van der Waals surface area contributed by atoms with Gasteiger partial charge in [-0.15, -0.1) is 0 Å². The second-order valence-corrected chi connectivity index (χ2v) is 5.44. The number of carbonyl (C=O) groups is 1. The van der Waals surface area contributed by atoms with Gasteiger partial charge in [-0.2, -0.15) is 0 Å². The summed E-state index contributed by atoms with van der Waals surface area (Å²) in [5, 5.41) is 0. The lowest BCUT2D eigenvalue weighted by Gasteiger charge is -2.35. The minimum absolute atomic E-state index is 0.00208. The van der Waals surface area contributed by atoms with Crippen molar-refractivity contribution in [2.24, 2.45) is 0 Å². The number of rotatable bonds is 1. The molecular weight excluding hydrogens is 262 g/mol. The number of likely N-dealkylation sites (N-methyl/N-ethyl adjacent to an activating group) is 1. The average Bonchev–Trinajstić information content (AvgIpc) is 2.50. The Morgan fingerprint density at radius 1 is 1.10 bits per heavy atom. The number of nitrogens with zero attached hydrogens (tertiary/aromatic N) is 2. The Kier molecular flexibility index (Phi) is 3.29. The van der Waals surface area contributed by atoms with Gasteiger partial charge in [-0.3, -0.25) is 4.79 Å². The Morgan fingerprint density at radius 3 is 2.52 bits per heavy atom. The Balaban J connectivity index is 1.99. The van der Waals surface area contributed by atoms with Gasteiger partial charge < -0.3 is 15.5 Å². The van der Waals surface area contributed by atoms with Crippen molar-refractivity contribution in [3.8, 4) is 0 Å². The van der Waals surface area contributed by atoms with Crippen LogP contribution in [0, 0.1) is 6.92 Å². The Hall–Kier alpha value is -2.49. The third kappa shape index (κ3) is 2.33. The zero-order valence-electron chi connectivity index (χ0n) is 12.3. The molecule has 1 aliphatic heterocycles. The minimum atomic E-state index is 0.00208. The average molecular weight is 281 g/mol. The van der Waals surface area contributed by atoms with Gasteiger partial charge in [0.25, 0.3) is 5.91 Å². The Labute approximate surface area is 124 Å². The van der Waals surface area contributed by atoms with E-state index in [9.17, 15) is 4.79 Å². The second-order valence-electron chi connectivity index (χ2n) is 5.44. The molecule has 0 saturated carbocycles. The van der Waals surface area contributed by atoms with Gasteiger partial charge in [0.05, 0.1) is 11.4 Å². The summed E-state index contributed by atoms with van der Waals surface area (Å²) in [4.78, 5) is 16.8. The Bertz CT molecular complexity index is 696. The summed E-state index contributed by atoms with van der Waals surface area (Å²) in [6.07, 6.45) is 0. The molecule has 2 aromatic rings. The predicted molar refractivity (Wildman–Crippen MR) is 87.0 cm³/mol. The lowest BCUT2D eigenvalue weighted by atomic mass is 10.1.